The molecule has 1 unspecified atom stereocenters. The Labute approximate surface area is 185 Å². The first-order valence-electron chi connectivity index (χ1n) is 10.2. The highest BCUT2D eigenvalue weighted by molar-refractivity contribution is 6.08. The second-order valence-electron chi connectivity index (χ2n) is 7.77. The van der Waals surface area contributed by atoms with E-state index in [9.17, 15) is 14.7 Å². The van der Waals surface area contributed by atoms with Crippen molar-refractivity contribution < 1.29 is 24.3 Å². The van der Waals surface area contributed by atoms with Crippen molar-refractivity contribution in [2.75, 3.05) is 6.54 Å². The molecule has 3 aromatic rings. The Morgan fingerprint density at radius 1 is 1.12 bits per heavy atom. The van der Waals surface area contributed by atoms with Gasteiger partial charge in [-0.3, -0.25) is 9.59 Å². The predicted octanol–water partition coefficient (Wildman–Crippen LogP) is 3.73. The van der Waals surface area contributed by atoms with E-state index in [4.69, 9.17) is 9.59 Å². The maximum atomic E-state index is 12.8. The average Bonchev–Trinajstić information content (AvgIpc) is 3.28. The van der Waals surface area contributed by atoms with Crippen molar-refractivity contribution in [1.29, 1.82) is 0 Å². The third-order valence-electron chi connectivity index (χ3n) is 5.71. The molecular formula is C25H24N2O5. The van der Waals surface area contributed by atoms with Gasteiger partial charge in [-0.05, 0) is 43.9 Å². The summed E-state index contributed by atoms with van der Waals surface area (Å²) in [5.41, 5.74) is 5.46. The van der Waals surface area contributed by atoms with Gasteiger partial charge in [0.1, 0.15) is 0 Å². The van der Waals surface area contributed by atoms with E-state index < -0.39 is 17.7 Å². The van der Waals surface area contributed by atoms with E-state index in [2.05, 4.69) is 24.0 Å². The third kappa shape index (κ3) is 4.24. The molecule has 32 heavy (non-hydrogen) atoms. The molecule has 0 saturated heterocycles. The molecular weight excluding hydrogens is 408 g/mol. The number of aliphatic hydroxyl groups excluding tert-OH is 1. The number of ketones is 1. The molecule has 0 aliphatic carbocycles. The summed E-state index contributed by atoms with van der Waals surface area (Å²) in [4.78, 5) is 46.2. The van der Waals surface area contributed by atoms with E-state index in [0.29, 0.717) is 13.0 Å². The largest absolute Gasteiger partial charge is 0.503 e. The SMILES string of the molecule is CC(=O)C1=C(O)C(=O)N(CCc2c[nH]c3c(C)cccc23)C1c1ccc(C)cc1.O=C=O. The van der Waals surface area contributed by atoms with Gasteiger partial charge in [0.05, 0.1) is 11.6 Å². The molecule has 164 valence electrons. The molecule has 1 aliphatic heterocycles. The van der Waals surface area contributed by atoms with Crippen LogP contribution >= 0.6 is 0 Å². The second-order valence-corrected chi connectivity index (χ2v) is 7.77. The highest BCUT2D eigenvalue weighted by Crippen LogP contribution is 2.38. The number of nitrogens with zero attached hydrogens (tertiary/aromatic N) is 1. The minimum absolute atomic E-state index is 0.175. The minimum atomic E-state index is -0.562. The number of H-pyrrole nitrogens is 1. The Morgan fingerprint density at radius 2 is 1.78 bits per heavy atom. The van der Waals surface area contributed by atoms with Crippen LogP contribution in [0.4, 0.5) is 0 Å². The van der Waals surface area contributed by atoms with Crippen molar-refractivity contribution >= 4 is 28.7 Å². The Hall–Kier alpha value is -3.96. The highest BCUT2D eigenvalue weighted by atomic mass is 16.3. The van der Waals surface area contributed by atoms with E-state index >= 15 is 0 Å². The lowest BCUT2D eigenvalue weighted by Gasteiger charge is -2.26. The number of aliphatic hydroxyl groups is 1. The van der Waals surface area contributed by atoms with Crippen LogP contribution in [-0.2, 0) is 25.6 Å². The molecule has 4 rings (SSSR count). The number of rotatable bonds is 5. The quantitative estimate of drug-likeness (QED) is 0.639. The van der Waals surface area contributed by atoms with Gasteiger partial charge in [0.25, 0.3) is 5.91 Å². The van der Waals surface area contributed by atoms with Crippen LogP contribution in [0.3, 0.4) is 0 Å². The smallest absolute Gasteiger partial charge is 0.373 e. The zero-order valence-corrected chi connectivity index (χ0v) is 18.1. The van der Waals surface area contributed by atoms with Gasteiger partial charge in [-0.1, -0.05) is 48.0 Å². The van der Waals surface area contributed by atoms with Gasteiger partial charge in [0.2, 0.25) is 0 Å². The fourth-order valence-electron chi connectivity index (χ4n) is 4.15. The first-order valence-corrected chi connectivity index (χ1v) is 10.2. The summed E-state index contributed by atoms with van der Waals surface area (Å²) in [5.74, 6) is -1.21. The normalized spacial score (nSPS) is 15.5. The molecule has 2 aromatic carbocycles. The number of aryl methyl sites for hydroxylation is 2. The molecule has 7 heteroatoms. The van der Waals surface area contributed by atoms with Crippen molar-refractivity contribution in [3.8, 4) is 0 Å². The minimum Gasteiger partial charge on any atom is -0.503 e. The summed E-state index contributed by atoms with van der Waals surface area (Å²) in [7, 11) is 0. The summed E-state index contributed by atoms with van der Waals surface area (Å²) in [6, 6.07) is 13.3. The molecule has 1 aromatic heterocycles. The maximum Gasteiger partial charge on any atom is 0.373 e. The number of aromatic amines is 1. The number of fused-ring (bicyclic) bond motifs is 1. The molecule has 0 spiro atoms. The van der Waals surface area contributed by atoms with Crippen LogP contribution in [-0.4, -0.2) is 39.4 Å². The number of para-hydroxylation sites is 1. The maximum absolute atomic E-state index is 12.8. The standard InChI is InChI=1S/C24H24N2O3.CO2/c1-14-7-9-17(10-8-14)22-20(16(3)27)23(28)24(29)26(22)12-11-18-13-25-21-15(2)5-4-6-19(18)21;2-1-3/h4-10,13,22,25,28H,11-12H2,1-3H3;. The second kappa shape index (κ2) is 9.45. The summed E-state index contributed by atoms with van der Waals surface area (Å²) < 4.78 is 0. The fourth-order valence-corrected chi connectivity index (χ4v) is 4.15. The van der Waals surface area contributed by atoms with Crippen molar-refractivity contribution in [3.63, 3.8) is 0 Å². The molecule has 0 saturated carbocycles. The highest BCUT2D eigenvalue weighted by Gasteiger charge is 2.42. The predicted molar refractivity (Wildman–Crippen MR) is 118 cm³/mol. The number of nitrogens with one attached hydrogen (secondary N) is 1. The van der Waals surface area contributed by atoms with E-state index in [1.165, 1.54) is 12.5 Å². The van der Waals surface area contributed by atoms with Gasteiger partial charge in [0, 0.05) is 23.6 Å². The van der Waals surface area contributed by atoms with Crippen molar-refractivity contribution in [3.05, 3.63) is 82.2 Å². The van der Waals surface area contributed by atoms with Crippen LogP contribution in [0.5, 0.6) is 0 Å². The summed E-state index contributed by atoms with van der Waals surface area (Å²) in [6.45, 7) is 5.84. The molecule has 0 bridgehead atoms. The Morgan fingerprint density at radius 3 is 2.41 bits per heavy atom. The lowest BCUT2D eigenvalue weighted by Crippen LogP contribution is -2.32. The van der Waals surface area contributed by atoms with Crippen molar-refractivity contribution in [1.82, 2.24) is 9.88 Å². The van der Waals surface area contributed by atoms with Gasteiger partial charge in [-0.15, -0.1) is 0 Å². The fraction of sp³-hybridized carbons (Fsp3) is 0.240. The Balaban J connectivity index is 0.000000913. The lowest BCUT2D eigenvalue weighted by molar-refractivity contribution is -0.191. The zero-order chi connectivity index (χ0) is 23.4. The number of benzene rings is 2. The molecule has 1 aliphatic rings. The Bertz CT molecular complexity index is 1230. The first-order chi connectivity index (χ1) is 15.3. The van der Waals surface area contributed by atoms with Crippen LogP contribution in [0.15, 0.2) is 60.0 Å². The number of hydrogen-bond acceptors (Lipinski definition) is 5. The Kier molecular flexibility index (Phi) is 6.71. The van der Waals surface area contributed by atoms with E-state index in [-0.39, 0.29) is 17.5 Å². The molecule has 1 amide bonds. The first kappa shape index (κ1) is 22.7. The van der Waals surface area contributed by atoms with Crippen molar-refractivity contribution in [2.45, 2.75) is 33.2 Å². The number of carbonyl (C=O) groups excluding carboxylic acids is 4. The summed E-state index contributed by atoms with van der Waals surface area (Å²) in [6.07, 6.45) is 2.84. The van der Waals surface area contributed by atoms with Gasteiger partial charge < -0.3 is 15.0 Å². The van der Waals surface area contributed by atoms with Gasteiger partial charge in [-0.2, -0.15) is 9.59 Å². The molecule has 1 atom stereocenters. The number of amides is 1. The third-order valence-corrected chi connectivity index (χ3v) is 5.71. The number of hydrogen-bond donors (Lipinski definition) is 2. The number of carbonyl (C=O) groups is 2. The van der Waals surface area contributed by atoms with Gasteiger partial charge in [-0.25, -0.2) is 0 Å². The van der Waals surface area contributed by atoms with Crippen LogP contribution in [0, 0.1) is 13.8 Å². The molecule has 2 N–H and O–H groups in total. The lowest BCUT2D eigenvalue weighted by atomic mass is 9.96. The average molecular weight is 432 g/mol. The summed E-state index contributed by atoms with van der Waals surface area (Å²) in [5, 5.41) is 11.5. The van der Waals surface area contributed by atoms with Crippen LogP contribution in [0.25, 0.3) is 10.9 Å². The number of Topliss-reactive ketones (excluding diaryl/α,β-unsaturated/α-hetero) is 1. The van der Waals surface area contributed by atoms with E-state index in [1.54, 1.807) is 4.90 Å². The summed E-state index contributed by atoms with van der Waals surface area (Å²) >= 11 is 0. The molecule has 0 radical (unpaired) electrons. The van der Waals surface area contributed by atoms with Crippen molar-refractivity contribution in [2.24, 2.45) is 0 Å². The van der Waals surface area contributed by atoms with E-state index in [1.807, 2.05) is 43.5 Å². The van der Waals surface area contributed by atoms with Gasteiger partial charge >= 0.3 is 6.15 Å². The number of aromatic nitrogens is 1. The van der Waals surface area contributed by atoms with Gasteiger partial charge in [0.15, 0.2) is 11.5 Å². The molecule has 2 heterocycles. The molecule has 7 nitrogen and oxygen atoms in total. The van der Waals surface area contributed by atoms with Crippen LogP contribution in [0.1, 0.15) is 35.2 Å². The zero-order valence-electron chi connectivity index (χ0n) is 18.1. The monoisotopic (exact) mass is 432 g/mol. The van der Waals surface area contributed by atoms with Crippen LogP contribution in [0.2, 0.25) is 0 Å². The topological polar surface area (TPSA) is 108 Å². The molecule has 0 fully saturated rings. The van der Waals surface area contributed by atoms with E-state index in [0.717, 1.165) is 27.6 Å². The van der Waals surface area contributed by atoms with Crippen LogP contribution < -0.4 is 0 Å².